The van der Waals surface area contributed by atoms with Crippen LogP contribution in [0.15, 0.2) is 4.52 Å². The van der Waals surface area contributed by atoms with Crippen molar-refractivity contribution in [3.63, 3.8) is 0 Å². The van der Waals surface area contributed by atoms with Gasteiger partial charge in [-0.15, -0.1) is 0 Å². The Morgan fingerprint density at radius 1 is 1.47 bits per heavy atom. The van der Waals surface area contributed by atoms with E-state index in [1.165, 1.54) is 0 Å². The molecule has 1 amide bonds. The number of amides is 1. The van der Waals surface area contributed by atoms with Crippen molar-refractivity contribution in [1.82, 2.24) is 10.1 Å². The summed E-state index contributed by atoms with van der Waals surface area (Å²) in [5.41, 5.74) is 0.579. The zero-order valence-electron chi connectivity index (χ0n) is 11.2. The molecule has 0 radical (unpaired) electrons. The molecule has 0 aliphatic rings. The van der Waals surface area contributed by atoms with Crippen molar-refractivity contribution in [2.75, 3.05) is 19.7 Å². The third-order valence-corrected chi connectivity index (χ3v) is 2.64. The van der Waals surface area contributed by atoms with Gasteiger partial charge in [0.05, 0.1) is 18.8 Å². The molecule has 0 bridgehead atoms. The summed E-state index contributed by atoms with van der Waals surface area (Å²) >= 11 is 0. The number of nitrogens with zero attached hydrogens (tertiary/aromatic N) is 2. The monoisotopic (exact) mass is 276 g/mol. The highest BCUT2D eigenvalue weighted by Gasteiger charge is 2.27. The zero-order valence-corrected chi connectivity index (χ0v) is 11.2. The highest BCUT2D eigenvalue weighted by Crippen LogP contribution is 2.23. The van der Waals surface area contributed by atoms with Crippen molar-refractivity contribution < 1.29 is 23.2 Å². The van der Waals surface area contributed by atoms with Crippen molar-refractivity contribution in [1.29, 1.82) is 0 Å². The van der Waals surface area contributed by atoms with Crippen molar-refractivity contribution in [2.45, 2.75) is 33.1 Å². The summed E-state index contributed by atoms with van der Waals surface area (Å²) in [4.78, 5) is 13.2. The fourth-order valence-corrected chi connectivity index (χ4v) is 1.76. The van der Waals surface area contributed by atoms with Crippen molar-refractivity contribution >= 4 is 5.91 Å². The number of rotatable bonds is 6. The molecule has 0 unspecified atom stereocenters. The number of carbonyl (C=O) groups is 1. The van der Waals surface area contributed by atoms with Crippen LogP contribution in [0.25, 0.3) is 0 Å². The van der Waals surface area contributed by atoms with E-state index in [0.717, 1.165) is 4.90 Å². The van der Waals surface area contributed by atoms with Crippen LogP contribution in [0.3, 0.4) is 0 Å². The Labute approximate surface area is 110 Å². The molecule has 1 rings (SSSR count). The van der Waals surface area contributed by atoms with Crippen LogP contribution in [0.2, 0.25) is 0 Å². The fraction of sp³-hybridized carbons (Fsp3) is 0.667. The van der Waals surface area contributed by atoms with Crippen molar-refractivity contribution in [2.24, 2.45) is 0 Å². The first kappa shape index (κ1) is 15.6. The molecule has 1 aromatic rings. The zero-order chi connectivity index (χ0) is 14.6. The number of aliphatic hydroxyl groups excluding tert-OH is 1. The quantitative estimate of drug-likeness (QED) is 0.860. The van der Waals surface area contributed by atoms with Crippen LogP contribution < -0.4 is 0 Å². The number of aryl methyl sites for hydroxylation is 1. The Bertz CT molecular complexity index is 433. The Hall–Kier alpha value is -1.50. The van der Waals surface area contributed by atoms with E-state index in [1.54, 1.807) is 6.92 Å². The second-order valence-electron chi connectivity index (χ2n) is 4.53. The summed E-state index contributed by atoms with van der Waals surface area (Å²) in [5.74, 6) is -0.292. The molecular weight excluding hydrogens is 258 g/mol. The van der Waals surface area contributed by atoms with Gasteiger partial charge in [-0.2, -0.15) is 0 Å². The van der Waals surface area contributed by atoms with Gasteiger partial charge in [0, 0.05) is 12.5 Å². The molecule has 0 saturated heterocycles. The van der Waals surface area contributed by atoms with Crippen LogP contribution in [0.1, 0.15) is 41.6 Å². The van der Waals surface area contributed by atoms with E-state index in [0.29, 0.717) is 11.5 Å². The number of hydrogen-bond donors (Lipinski definition) is 1. The topological polar surface area (TPSA) is 66.6 Å². The molecule has 1 N–H and O–H groups in total. The van der Waals surface area contributed by atoms with E-state index < -0.39 is 18.9 Å². The molecule has 19 heavy (non-hydrogen) atoms. The van der Waals surface area contributed by atoms with Gasteiger partial charge in [0.1, 0.15) is 5.56 Å². The average Bonchev–Trinajstić information content (AvgIpc) is 2.69. The minimum Gasteiger partial charge on any atom is -0.395 e. The number of aromatic nitrogens is 1. The van der Waals surface area contributed by atoms with E-state index in [-0.39, 0.29) is 24.6 Å². The second-order valence-corrected chi connectivity index (χ2v) is 4.53. The fourth-order valence-electron chi connectivity index (χ4n) is 1.76. The van der Waals surface area contributed by atoms with Crippen LogP contribution in [-0.4, -0.2) is 47.2 Å². The van der Waals surface area contributed by atoms with Crippen LogP contribution in [-0.2, 0) is 0 Å². The smallest absolute Gasteiger partial charge is 0.259 e. The van der Waals surface area contributed by atoms with Crippen LogP contribution in [0.4, 0.5) is 8.78 Å². The maximum Gasteiger partial charge on any atom is 0.259 e. The van der Waals surface area contributed by atoms with E-state index >= 15 is 0 Å². The predicted molar refractivity (Wildman–Crippen MR) is 64.3 cm³/mol. The summed E-state index contributed by atoms with van der Waals surface area (Å²) in [6.07, 6.45) is -2.65. The Kier molecular flexibility index (Phi) is 5.41. The summed E-state index contributed by atoms with van der Waals surface area (Å²) in [7, 11) is 0. The summed E-state index contributed by atoms with van der Waals surface area (Å²) in [5, 5.41) is 12.6. The number of aliphatic hydroxyl groups is 1. The Balaban J connectivity index is 3.05. The lowest BCUT2D eigenvalue weighted by Crippen LogP contribution is -2.37. The number of hydrogen-bond acceptors (Lipinski definition) is 4. The predicted octanol–water partition coefficient (Wildman–Crippen LogP) is 1.81. The first-order chi connectivity index (χ1) is 8.88. The molecular formula is C12H18F2N2O3. The lowest BCUT2D eigenvalue weighted by Gasteiger charge is -2.21. The minimum absolute atomic E-state index is 0.0809. The second kappa shape index (κ2) is 6.60. The van der Waals surface area contributed by atoms with Gasteiger partial charge in [-0.05, 0) is 6.92 Å². The molecule has 1 heterocycles. The van der Waals surface area contributed by atoms with Gasteiger partial charge in [0.25, 0.3) is 12.3 Å². The molecule has 0 fully saturated rings. The first-order valence-corrected chi connectivity index (χ1v) is 6.02. The van der Waals surface area contributed by atoms with Gasteiger partial charge in [0.2, 0.25) is 0 Å². The Morgan fingerprint density at radius 3 is 2.58 bits per heavy atom. The molecule has 5 nitrogen and oxygen atoms in total. The van der Waals surface area contributed by atoms with Gasteiger partial charge in [-0.1, -0.05) is 19.0 Å². The molecule has 0 saturated carbocycles. The maximum absolute atomic E-state index is 12.5. The molecule has 108 valence electrons. The van der Waals surface area contributed by atoms with E-state index in [4.69, 9.17) is 9.63 Å². The lowest BCUT2D eigenvalue weighted by molar-refractivity contribution is 0.0506. The van der Waals surface area contributed by atoms with Crippen LogP contribution in [0.5, 0.6) is 0 Å². The van der Waals surface area contributed by atoms with Crippen LogP contribution in [0, 0.1) is 6.92 Å². The molecule has 0 aromatic carbocycles. The number of carbonyl (C=O) groups excluding carboxylic acids is 1. The van der Waals surface area contributed by atoms with Crippen LogP contribution >= 0.6 is 0 Å². The van der Waals surface area contributed by atoms with Crippen molar-refractivity contribution in [3.05, 3.63) is 17.0 Å². The normalized spacial score (nSPS) is 11.4. The van der Waals surface area contributed by atoms with E-state index in [9.17, 15) is 13.6 Å². The molecule has 0 aliphatic carbocycles. The van der Waals surface area contributed by atoms with Gasteiger partial charge in [-0.3, -0.25) is 4.79 Å². The third-order valence-electron chi connectivity index (χ3n) is 2.64. The SMILES string of the molecule is Cc1noc(C(C)C)c1C(=O)N(CCO)CC(F)F. The van der Waals surface area contributed by atoms with Gasteiger partial charge in [-0.25, -0.2) is 8.78 Å². The number of alkyl halides is 2. The highest BCUT2D eigenvalue weighted by atomic mass is 19.3. The highest BCUT2D eigenvalue weighted by molar-refractivity contribution is 5.96. The molecule has 0 aliphatic heterocycles. The standard InChI is InChI=1S/C12H18F2N2O3/c1-7(2)11-10(8(3)15-19-11)12(18)16(4-5-17)6-9(13)14/h7,9,17H,4-6H2,1-3H3. The van der Waals surface area contributed by atoms with Gasteiger partial charge in [0.15, 0.2) is 5.76 Å². The molecule has 7 heteroatoms. The number of halogens is 2. The molecule has 0 spiro atoms. The average molecular weight is 276 g/mol. The summed E-state index contributed by atoms with van der Waals surface area (Å²) < 4.78 is 30.0. The summed E-state index contributed by atoms with van der Waals surface area (Å²) in [6, 6.07) is 0. The van der Waals surface area contributed by atoms with Gasteiger partial charge >= 0.3 is 0 Å². The maximum atomic E-state index is 12.5. The van der Waals surface area contributed by atoms with E-state index in [1.807, 2.05) is 13.8 Å². The van der Waals surface area contributed by atoms with Crippen molar-refractivity contribution in [3.8, 4) is 0 Å². The van der Waals surface area contributed by atoms with Gasteiger partial charge < -0.3 is 14.5 Å². The minimum atomic E-state index is -2.65. The first-order valence-electron chi connectivity index (χ1n) is 6.02. The Morgan fingerprint density at radius 2 is 2.11 bits per heavy atom. The third kappa shape index (κ3) is 3.73. The molecule has 1 aromatic heterocycles. The summed E-state index contributed by atoms with van der Waals surface area (Å²) in [6.45, 7) is 3.98. The lowest BCUT2D eigenvalue weighted by atomic mass is 10.0. The largest absolute Gasteiger partial charge is 0.395 e. The van der Waals surface area contributed by atoms with E-state index in [2.05, 4.69) is 5.16 Å². The molecule has 0 atom stereocenters.